The SMILES string of the molecule is COC(=O)c1ccc2c(c1)C=C(Br)C2.COCCBr.COCCn1c(Br)cc2cc(C(=O)OC)ccc21.COCCn1c(C2CC2)cc2cc(C(=O)OC)ccc21.COCCn1c(C2CC2)cc2cc(C(=O)OC)ccc21. The van der Waals surface area contributed by atoms with Crippen LogP contribution < -0.4 is 0 Å². The molecule has 2 fully saturated rings. The molecule has 0 radical (unpaired) electrons. The molecule has 0 aliphatic heterocycles. The van der Waals surface area contributed by atoms with E-state index >= 15 is 0 Å². The van der Waals surface area contributed by atoms with Crippen LogP contribution in [0.15, 0.2) is 100 Å². The molecule has 0 unspecified atom stereocenters. The number of alkyl halides is 1. The van der Waals surface area contributed by atoms with E-state index in [2.05, 4.69) is 83.1 Å². The first-order valence-electron chi connectivity index (χ1n) is 25.2. The second kappa shape index (κ2) is 30.0. The number of aromatic nitrogens is 3. The van der Waals surface area contributed by atoms with Crippen LogP contribution in [0.25, 0.3) is 38.8 Å². The molecule has 0 saturated heterocycles. The van der Waals surface area contributed by atoms with Crippen LogP contribution >= 0.6 is 47.8 Å². The first-order valence-corrected chi connectivity index (χ1v) is 27.9. The van der Waals surface area contributed by atoms with Crippen molar-refractivity contribution < 1.29 is 57.1 Å². The summed E-state index contributed by atoms with van der Waals surface area (Å²) >= 11 is 10.1. The fourth-order valence-corrected chi connectivity index (χ4v) is 10.4. The average molecular weight is 1250 g/mol. The lowest BCUT2D eigenvalue weighted by molar-refractivity contribution is 0.0592. The molecule has 7 aromatic rings. The number of nitrogens with zero attached hydrogens (tertiary/aromatic N) is 3. The van der Waals surface area contributed by atoms with Gasteiger partial charge >= 0.3 is 23.9 Å². The van der Waals surface area contributed by atoms with Crippen molar-refractivity contribution in [2.45, 2.75) is 63.6 Å². The zero-order valence-corrected chi connectivity index (χ0v) is 49.7. The van der Waals surface area contributed by atoms with Gasteiger partial charge in [-0.2, -0.15) is 0 Å². The molecule has 15 nitrogen and oxygen atoms in total. The van der Waals surface area contributed by atoms with Crippen molar-refractivity contribution in [1.82, 2.24) is 13.7 Å². The smallest absolute Gasteiger partial charge is 0.337 e. The zero-order valence-electron chi connectivity index (χ0n) is 45.0. The number of rotatable bonds is 17. The van der Waals surface area contributed by atoms with Gasteiger partial charge in [0.05, 0.1) is 81.7 Å². The van der Waals surface area contributed by atoms with Crippen molar-refractivity contribution in [1.29, 1.82) is 0 Å². The van der Waals surface area contributed by atoms with Crippen LogP contribution in [-0.2, 0) is 63.9 Å². The number of methoxy groups -OCH3 is 8. The monoisotopic (exact) mass is 1250 g/mol. The topological polar surface area (TPSA) is 157 Å². The van der Waals surface area contributed by atoms with Gasteiger partial charge in [0.2, 0.25) is 0 Å². The minimum absolute atomic E-state index is 0.287. The number of benzene rings is 4. The number of hydrogen-bond donors (Lipinski definition) is 0. The van der Waals surface area contributed by atoms with Crippen molar-refractivity contribution in [3.05, 3.63) is 145 Å². The predicted octanol–water partition coefficient (Wildman–Crippen LogP) is 12.5. The van der Waals surface area contributed by atoms with Gasteiger partial charge in [-0.15, -0.1) is 0 Å². The van der Waals surface area contributed by atoms with Gasteiger partial charge in [0, 0.05) is 108 Å². The summed E-state index contributed by atoms with van der Waals surface area (Å²) in [6, 6.07) is 29.0. The second-order valence-corrected chi connectivity index (χ2v) is 20.9. The Kier molecular flexibility index (Phi) is 23.6. The van der Waals surface area contributed by atoms with E-state index in [0.29, 0.717) is 53.9 Å². The predicted molar refractivity (Wildman–Crippen MR) is 311 cm³/mol. The van der Waals surface area contributed by atoms with Crippen molar-refractivity contribution in [2.75, 3.05) is 88.6 Å². The first kappa shape index (κ1) is 60.6. The van der Waals surface area contributed by atoms with Crippen LogP contribution in [0, 0.1) is 0 Å². The summed E-state index contributed by atoms with van der Waals surface area (Å²) in [4.78, 5) is 45.9. The van der Waals surface area contributed by atoms with E-state index in [0.717, 1.165) is 85.3 Å². The molecule has 0 bridgehead atoms. The van der Waals surface area contributed by atoms with Crippen molar-refractivity contribution in [2.24, 2.45) is 0 Å². The van der Waals surface area contributed by atoms with Gasteiger partial charge in [0.25, 0.3) is 0 Å². The number of carbonyl (C=O) groups is 4. The Labute approximate surface area is 475 Å². The molecule has 77 heavy (non-hydrogen) atoms. The number of carbonyl (C=O) groups excluding carboxylic acids is 4. The summed E-state index contributed by atoms with van der Waals surface area (Å²) < 4.78 is 47.9. The maximum atomic E-state index is 11.6. The third kappa shape index (κ3) is 16.2. The maximum Gasteiger partial charge on any atom is 0.337 e. The van der Waals surface area contributed by atoms with E-state index in [1.807, 2.05) is 72.8 Å². The molecule has 0 amide bonds. The van der Waals surface area contributed by atoms with Gasteiger partial charge in [-0.1, -0.05) is 37.9 Å². The molecule has 0 N–H and O–H groups in total. The van der Waals surface area contributed by atoms with Crippen molar-refractivity contribution in [3.8, 4) is 0 Å². The Morgan fingerprint density at radius 1 is 0.468 bits per heavy atom. The molecule has 412 valence electrons. The average Bonchev–Trinajstić information content (AvgIpc) is 4.45. The third-order valence-electron chi connectivity index (χ3n) is 13.0. The molecular formula is C59H68Br3N3O12. The maximum absolute atomic E-state index is 11.6. The summed E-state index contributed by atoms with van der Waals surface area (Å²) in [5.74, 6) is 0.151. The normalized spacial score (nSPS) is 13.2. The molecule has 3 aliphatic rings. The van der Waals surface area contributed by atoms with Gasteiger partial charge in [-0.25, -0.2) is 19.2 Å². The fourth-order valence-electron chi connectivity index (χ4n) is 8.88. The Morgan fingerprint density at radius 3 is 1.19 bits per heavy atom. The molecule has 10 rings (SSSR count). The molecule has 4 aromatic carbocycles. The van der Waals surface area contributed by atoms with E-state index in [9.17, 15) is 19.2 Å². The summed E-state index contributed by atoms with van der Waals surface area (Å²) in [6.45, 7) is 5.30. The van der Waals surface area contributed by atoms with Gasteiger partial charge in [0.15, 0.2) is 0 Å². The van der Waals surface area contributed by atoms with Crippen molar-refractivity contribution in [3.63, 3.8) is 0 Å². The number of fused-ring (bicyclic) bond motifs is 4. The number of esters is 4. The lowest BCUT2D eigenvalue weighted by Gasteiger charge is -2.09. The van der Waals surface area contributed by atoms with E-state index < -0.39 is 0 Å². The van der Waals surface area contributed by atoms with Crippen LogP contribution in [0.3, 0.4) is 0 Å². The number of allylic oxidation sites excluding steroid dienone is 1. The van der Waals surface area contributed by atoms with Crippen LogP contribution in [0.2, 0.25) is 0 Å². The highest BCUT2D eigenvalue weighted by Crippen LogP contribution is 2.43. The number of halogens is 3. The molecule has 2 saturated carbocycles. The number of ether oxygens (including phenoxy) is 8. The summed E-state index contributed by atoms with van der Waals surface area (Å²) in [5, 5.41) is 4.14. The van der Waals surface area contributed by atoms with Gasteiger partial charge in [-0.3, -0.25) is 0 Å². The highest BCUT2D eigenvalue weighted by molar-refractivity contribution is 9.11. The molecule has 18 heteroatoms. The second-order valence-electron chi connectivity index (χ2n) is 18.2. The fraction of sp³-hybridized carbons (Fsp3) is 0.390. The highest BCUT2D eigenvalue weighted by atomic mass is 79.9. The quantitative estimate of drug-likeness (QED) is 0.0484. The van der Waals surface area contributed by atoms with Gasteiger partial charge in [-0.05, 0) is 156 Å². The van der Waals surface area contributed by atoms with E-state index in [-0.39, 0.29) is 23.9 Å². The highest BCUT2D eigenvalue weighted by Gasteiger charge is 2.29. The first-order chi connectivity index (χ1) is 37.3. The summed E-state index contributed by atoms with van der Waals surface area (Å²) in [5.41, 5.74) is 10.8. The minimum atomic E-state index is -0.322. The molecule has 3 heterocycles. The lowest BCUT2D eigenvalue weighted by Crippen LogP contribution is -2.07. The van der Waals surface area contributed by atoms with E-state index in [4.69, 9.17) is 28.4 Å². The minimum Gasteiger partial charge on any atom is -0.465 e. The van der Waals surface area contributed by atoms with Crippen LogP contribution in [0.1, 0.15) is 101 Å². The Balaban J connectivity index is 0.000000163. The molecular weight excluding hydrogens is 1180 g/mol. The number of hydrogen-bond acceptors (Lipinski definition) is 12. The molecule has 3 aromatic heterocycles. The van der Waals surface area contributed by atoms with E-state index in [1.165, 1.54) is 71.1 Å². The Bertz CT molecular complexity index is 3050. The summed E-state index contributed by atoms with van der Waals surface area (Å²) in [7, 11) is 12.4. The van der Waals surface area contributed by atoms with Gasteiger partial charge in [0.1, 0.15) is 0 Å². The largest absolute Gasteiger partial charge is 0.465 e. The molecule has 0 spiro atoms. The van der Waals surface area contributed by atoms with Gasteiger partial charge < -0.3 is 51.6 Å². The Morgan fingerprint density at radius 2 is 0.831 bits per heavy atom. The standard InChI is InChI=1S/2C16H19NO3.C13H14BrNO3.C11H9BrO2.C3H7BrO/c2*1-19-8-7-17-14-6-5-12(16(18)20-2)9-13(14)10-15(17)11-3-4-11;1-17-6-5-15-11-4-3-9(13(16)18-2)7-10(11)8-12(15)14;1-14-11(13)8-3-2-7-5-10(12)6-9(7)4-8;1-5-3-2-4/h2*5-6,9-11H,3-4,7-8H2,1-2H3;3-4,7-8H,5-6H2,1-2H3;2-4,6H,5H2,1H3;2-3H2,1H3. The van der Waals surface area contributed by atoms with Crippen LogP contribution in [0.4, 0.5) is 0 Å². The molecule has 3 aliphatic carbocycles. The van der Waals surface area contributed by atoms with Crippen LogP contribution in [0.5, 0.6) is 0 Å². The Hall–Kier alpha value is -5.60. The van der Waals surface area contributed by atoms with Crippen LogP contribution in [-0.4, -0.2) is 126 Å². The molecule has 0 atom stereocenters. The lowest BCUT2D eigenvalue weighted by atomic mass is 10.1. The van der Waals surface area contributed by atoms with Crippen molar-refractivity contribution >= 4 is 110 Å². The third-order valence-corrected chi connectivity index (χ3v) is 14.5. The van der Waals surface area contributed by atoms with E-state index in [1.54, 1.807) is 40.6 Å². The zero-order chi connectivity index (χ0) is 55.6. The summed E-state index contributed by atoms with van der Waals surface area (Å²) in [6.07, 6.45) is 7.97.